The number of hydrogen-bond donors (Lipinski definition) is 1. The van der Waals surface area contributed by atoms with Crippen LogP contribution in [0.2, 0.25) is 0 Å². The Kier molecular flexibility index (Phi) is 6.59. The first-order chi connectivity index (χ1) is 14.6. The predicted octanol–water partition coefficient (Wildman–Crippen LogP) is 8.05. The van der Waals surface area contributed by atoms with Gasteiger partial charge in [0.2, 0.25) is 0 Å². The number of aliphatic hydroxyl groups excluding tert-OH is 1. The highest BCUT2D eigenvalue weighted by atomic mass is 16.3. The van der Waals surface area contributed by atoms with E-state index < -0.39 is 0 Å². The molecular weight excluding hydrogens is 376 g/mol. The molecule has 4 rings (SSSR count). The topological polar surface area (TPSA) is 20.2 Å². The summed E-state index contributed by atoms with van der Waals surface area (Å²) in [5.41, 5.74) is 2.50. The number of aliphatic hydroxyl groups is 1. The number of rotatable bonds is 5. The summed E-state index contributed by atoms with van der Waals surface area (Å²) in [7, 11) is 0. The van der Waals surface area contributed by atoms with Crippen LogP contribution >= 0.6 is 0 Å². The Morgan fingerprint density at radius 1 is 0.903 bits per heavy atom. The van der Waals surface area contributed by atoms with E-state index in [9.17, 15) is 5.11 Å². The minimum atomic E-state index is -0.0891. The van der Waals surface area contributed by atoms with Crippen molar-refractivity contribution in [2.45, 2.75) is 106 Å². The third-order valence-electron chi connectivity index (χ3n) is 11.0. The van der Waals surface area contributed by atoms with Crippen molar-refractivity contribution in [2.24, 2.45) is 58.2 Å². The lowest BCUT2D eigenvalue weighted by atomic mass is 9.47. The van der Waals surface area contributed by atoms with Gasteiger partial charge in [0, 0.05) is 0 Å². The molecule has 0 unspecified atom stereocenters. The van der Waals surface area contributed by atoms with Crippen LogP contribution in [0.25, 0.3) is 0 Å². The predicted molar refractivity (Wildman–Crippen MR) is 133 cm³/mol. The largest absolute Gasteiger partial charge is 0.393 e. The third-order valence-corrected chi connectivity index (χ3v) is 11.0. The van der Waals surface area contributed by atoms with E-state index in [1.165, 1.54) is 38.5 Å². The molecule has 0 spiro atoms. The van der Waals surface area contributed by atoms with Gasteiger partial charge in [-0.2, -0.15) is 0 Å². The van der Waals surface area contributed by atoms with Gasteiger partial charge in [-0.15, -0.1) is 0 Å². The van der Waals surface area contributed by atoms with E-state index in [0.29, 0.717) is 22.7 Å². The van der Waals surface area contributed by atoms with Crippen molar-refractivity contribution < 1.29 is 5.11 Å². The van der Waals surface area contributed by atoms with Crippen molar-refractivity contribution in [2.75, 3.05) is 0 Å². The van der Waals surface area contributed by atoms with Crippen LogP contribution in [0.4, 0.5) is 0 Å². The first-order valence-electron chi connectivity index (χ1n) is 13.6. The van der Waals surface area contributed by atoms with Crippen LogP contribution in [0.15, 0.2) is 23.8 Å². The summed E-state index contributed by atoms with van der Waals surface area (Å²) >= 11 is 0. The third kappa shape index (κ3) is 4.00. The maximum Gasteiger partial charge on any atom is 0.0577 e. The van der Waals surface area contributed by atoms with Crippen molar-refractivity contribution in [1.29, 1.82) is 0 Å². The second-order valence-corrected chi connectivity index (χ2v) is 13.2. The van der Waals surface area contributed by atoms with Crippen molar-refractivity contribution in [3.63, 3.8) is 0 Å². The van der Waals surface area contributed by atoms with Crippen molar-refractivity contribution in [3.05, 3.63) is 23.8 Å². The Morgan fingerprint density at radius 2 is 1.61 bits per heavy atom. The first-order valence-corrected chi connectivity index (χ1v) is 13.6. The molecule has 4 aliphatic carbocycles. The van der Waals surface area contributed by atoms with Gasteiger partial charge in [0.25, 0.3) is 0 Å². The molecule has 3 saturated carbocycles. The Labute approximate surface area is 193 Å². The smallest absolute Gasteiger partial charge is 0.0577 e. The van der Waals surface area contributed by atoms with Crippen LogP contribution in [-0.2, 0) is 0 Å². The van der Waals surface area contributed by atoms with Gasteiger partial charge < -0.3 is 5.11 Å². The molecular formula is C30H50O. The molecule has 0 radical (unpaired) electrons. The zero-order valence-corrected chi connectivity index (χ0v) is 21.5. The highest BCUT2D eigenvalue weighted by Gasteiger charge is 2.58. The molecule has 0 aromatic rings. The molecule has 0 aromatic carbocycles. The highest BCUT2D eigenvalue weighted by Crippen LogP contribution is 2.67. The van der Waals surface area contributed by atoms with Gasteiger partial charge in [-0.3, -0.25) is 0 Å². The minimum Gasteiger partial charge on any atom is -0.393 e. The molecule has 3 fully saturated rings. The van der Waals surface area contributed by atoms with E-state index in [2.05, 4.69) is 66.7 Å². The summed E-state index contributed by atoms with van der Waals surface area (Å²) in [6, 6.07) is 0. The van der Waals surface area contributed by atoms with E-state index >= 15 is 0 Å². The SMILES string of the molecule is CC(C)C(/C=C/[C@@H](C)[C@H]1CC[C@@H]2[C@H]3CC=C4C[C@@H](O)CC[C@]4(C)[C@@H]3CC[C@@]21C)C(C)C. The van der Waals surface area contributed by atoms with Gasteiger partial charge >= 0.3 is 0 Å². The quantitative estimate of drug-likeness (QED) is 0.441. The van der Waals surface area contributed by atoms with Gasteiger partial charge in [-0.25, -0.2) is 0 Å². The fourth-order valence-electron chi connectivity index (χ4n) is 9.20. The zero-order valence-electron chi connectivity index (χ0n) is 21.5. The van der Waals surface area contributed by atoms with Gasteiger partial charge in [-0.05, 0) is 110 Å². The van der Waals surface area contributed by atoms with Gasteiger partial charge in [0.15, 0.2) is 0 Å². The van der Waals surface area contributed by atoms with Crippen molar-refractivity contribution in [1.82, 2.24) is 0 Å². The lowest BCUT2D eigenvalue weighted by Gasteiger charge is -2.58. The van der Waals surface area contributed by atoms with Crippen LogP contribution in [0, 0.1) is 58.2 Å². The van der Waals surface area contributed by atoms with Crippen LogP contribution in [0.3, 0.4) is 0 Å². The standard InChI is InChI=1S/C30H50O/c1-19(2)24(20(3)4)10-8-21(5)26-12-13-27-25-11-9-22-18-23(31)14-16-29(22,6)28(25)15-17-30(26,27)7/h8-10,19-21,23-28,31H,11-18H2,1-7H3/b10-8+/t21-,23+,25-,26-,27-,28-,29+,30-/m1/s1. The zero-order chi connectivity index (χ0) is 22.6. The summed E-state index contributed by atoms with van der Waals surface area (Å²) < 4.78 is 0. The van der Waals surface area contributed by atoms with Crippen LogP contribution < -0.4 is 0 Å². The Balaban J connectivity index is 1.52. The van der Waals surface area contributed by atoms with E-state index in [4.69, 9.17) is 0 Å². The second-order valence-electron chi connectivity index (χ2n) is 13.2. The van der Waals surface area contributed by atoms with E-state index in [0.717, 1.165) is 48.3 Å². The normalized spacial score (nSPS) is 43.8. The van der Waals surface area contributed by atoms with Gasteiger partial charge in [0.05, 0.1) is 6.10 Å². The maximum atomic E-state index is 10.3. The van der Waals surface area contributed by atoms with Crippen LogP contribution in [0.5, 0.6) is 0 Å². The van der Waals surface area contributed by atoms with Crippen molar-refractivity contribution >= 4 is 0 Å². The number of allylic oxidation sites excluding steroid dienone is 3. The molecule has 0 amide bonds. The van der Waals surface area contributed by atoms with Crippen molar-refractivity contribution in [3.8, 4) is 0 Å². The molecule has 0 saturated heterocycles. The van der Waals surface area contributed by atoms with Crippen LogP contribution in [-0.4, -0.2) is 11.2 Å². The summed E-state index contributed by atoms with van der Waals surface area (Å²) in [6.45, 7) is 17.3. The monoisotopic (exact) mass is 426 g/mol. The fraction of sp³-hybridized carbons (Fsp3) is 0.867. The molecule has 0 bridgehead atoms. The Bertz CT molecular complexity index is 693. The van der Waals surface area contributed by atoms with E-state index in [-0.39, 0.29) is 6.10 Å². The lowest BCUT2D eigenvalue weighted by Crippen LogP contribution is -2.50. The summed E-state index contributed by atoms with van der Waals surface area (Å²) in [4.78, 5) is 0. The molecule has 1 nitrogen and oxygen atoms in total. The maximum absolute atomic E-state index is 10.3. The Hall–Kier alpha value is -0.560. The molecule has 4 aliphatic rings. The number of fused-ring (bicyclic) bond motifs is 5. The first kappa shape index (κ1) is 23.6. The second kappa shape index (κ2) is 8.66. The molecule has 1 heteroatoms. The molecule has 8 atom stereocenters. The summed E-state index contributed by atoms with van der Waals surface area (Å²) in [5.74, 6) is 6.33. The minimum absolute atomic E-state index is 0.0891. The van der Waals surface area contributed by atoms with Gasteiger partial charge in [0.1, 0.15) is 0 Å². The van der Waals surface area contributed by atoms with E-state index in [1.54, 1.807) is 5.57 Å². The summed E-state index contributed by atoms with van der Waals surface area (Å²) in [6.07, 6.45) is 17.8. The molecule has 176 valence electrons. The Morgan fingerprint density at radius 3 is 2.29 bits per heavy atom. The molecule has 0 aliphatic heterocycles. The molecule has 0 aromatic heterocycles. The highest BCUT2D eigenvalue weighted by molar-refractivity contribution is 5.25. The summed E-state index contributed by atoms with van der Waals surface area (Å²) in [5, 5.41) is 10.3. The van der Waals surface area contributed by atoms with Crippen LogP contribution in [0.1, 0.15) is 99.8 Å². The average molecular weight is 427 g/mol. The molecule has 1 N–H and O–H groups in total. The average Bonchev–Trinajstić information content (AvgIpc) is 3.05. The fourth-order valence-corrected chi connectivity index (χ4v) is 9.20. The van der Waals surface area contributed by atoms with E-state index in [1.807, 2.05) is 0 Å². The van der Waals surface area contributed by atoms with Gasteiger partial charge in [-0.1, -0.05) is 72.3 Å². The molecule has 31 heavy (non-hydrogen) atoms. The lowest BCUT2D eigenvalue weighted by molar-refractivity contribution is -0.0540. The number of hydrogen-bond acceptors (Lipinski definition) is 1. The molecule has 0 heterocycles.